The van der Waals surface area contributed by atoms with Crippen molar-refractivity contribution in [2.45, 2.75) is 57.5 Å². The molecule has 1 aliphatic carbocycles. The first kappa shape index (κ1) is 14.3. The van der Waals surface area contributed by atoms with Gasteiger partial charge in [0, 0.05) is 31.7 Å². The molecular weight excluding hydrogens is 250 g/mol. The smallest absolute Gasteiger partial charge is 0.236 e. The van der Waals surface area contributed by atoms with Gasteiger partial charge in [0.05, 0.1) is 6.54 Å². The molecule has 2 aliphatic heterocycles. The number of piperidine rings is 1. The predicted molar refractivity (Wildman–Crippen MR) is 80.3 cm³/mol. The average Bonchev–Trinajstić information content (AvgIpc) is 3.01. The summed E-state index contributed by atoms with van der Waals surface area (Å²) in [4.78, 5) is 17.1. The molecule has 2 heterocycles. The fourth-order valence-corrected chi connectivity index (χ4v) is 4.56. The molecular formula is C16H29N3O. The van der Waals surface area contributed by atoms with Crippen LogP contribution >= 0.6 is 0 Å². The summed E-state index contributed by atoms with van der Waals surface area (Å²) in [5.41, 5.74) is 6.18. The fourth-order valence-electron chi connectivity index (χ4n) is 4.56. The lowest BCUT2D eigenvalue weighted by Gasteiger charge is -2.36. The second-order valence-electron chi connectivity index (χ2n) is 7.00. The minimum Gasteiger partial charge on any atom is -0.339 e. The lowest BCUT2D eigenvalue weighted by atomic mass is 9.98. The molecule has 0 radical (unpaired) electrons. The third-order valence-corrected chi connectivity index (χ3v) is 5.77. The van der Waals surface area contributed by atoms with Crippen LogP contribution in [0.2, 0.25) is 0 Å². The van der Waals surface area contributed by atoms with Gasteiger partial charge < -0.3 is 10.6 Å². The first-order valence-electron chi connectivity index (χ1n) is 8.46. The van der Waals surface area contributed by atoms with Gasteiger partial charge in [-0.05, 0) is 50.4 Å². The highest BCUT2D eigenvalue weighted by molar-refractivity contribution is 5.78. The van der Waals surface area contributed by atoms with E-state index in [1.807, 2.05) is 0 Å². The maximum atomic E-state index is 12.6. The Bertz CT molecular complexity index is 360. The first-order valence-corrected chi connectivity index (χ1v) is 8.46. The van der Waals surface area contributed by atoms with Crippen LogP contribution in [0.25, 0.3) is 0 Å². The molecule has 4 nitrogen and oxygen atoms in total. The zero-order valence-corrected chi connectivity index (χ0v) is 12.8. The molecule has 3 aliphatic rings. The van der Waals surface area contributed by atoms with Crippen molar-refractivity contribution < 1.29 is 4.79 Å². The average molecular weight is 279 g/mol. The zero-order valence-electron chi connectivity index (χ0n) is 12.8. The van der Waals surface area contributed by atoms with E-state index < -0.39 is 0 Å². The number of hydrogen-bond acceptors (Lipinski definition) is 3. The fraction of sp³-hybridized carbons (Fsp3) is 0.938. The van der Waals surface area contributed by atoms with Gasteiger partial charge in [0.1, 0.15) is 0 Å². The van der Waals surface area contributed by atoms with Crippen LogP contribution in [0.15, 0.2) is 0 Å². The van der Waals surface area contributed by atoms with Crippen LogP contribution in [0, 0.1) is 11.8 Å². The van der Waals surface area contributed by atoms with E-state index in [2.05, 4.69) is 16.7 Å². The number of fused-ring (bicyclic) bond motifs is 1. The standard InChI is InChI=1S/C16H29N3O/c1-2-13-5-3-4-8-19(13)16(20)11-18-9-12-6-7-15(17)14(12)10-18/h12-15H,2-11,17H2,1H3. The summed E-state index contributed by atoms with van der Waals surface area (Å²) in [6.45, 7) is 5.93. The quantitative estimate of drug-likeness (QED) is 0.850. The molecule has 3 rings (SSSR count). The van der Waals surface area contributed by atoms with Crippen molar-refractivity contribution in [3.63, 3.8) is 0 Å². The van der Waals surface area contributed by atoms with E-state index in [0.29, 0.717) is 30.5 Å². The van der Waals surface area contributed by atoms with Crippen molar-refractivity contribution in [2.75, 3.05) is 26.2 Å². The van der Waals surface area contributed by atoms with Gasteiger partial charge in [-0.25, -0.2) is 0 Å². The van der Waals surface area contributed by atoms with Crippen LogP contribution in [-0.2, 0) is 4.79 Å². The number of rotatable bonds is 3. The Hall–Kier alpha value is -0.610. The molecule has 2 saturated heterocycles. The Kier molecular flexibility index (Phi) is 4.32. The number of nitrogens with two attached hydrogens (primary N) is 1. The Balaban J connectivity index is 1.54. The van der Waals surface area contributed by atoms with Crippen LogP contribution in [0.1, 0.15) is 45.4 Å². The predicted octanol–water partition coefficient (Wildman–Crippen LogP) is 1.45. The molecule has 4 heteroatoms. The normalized spacial score (nSPS) is 38.2. The number of likely N-dealkylation sites (tertiary alicyclic amines) is 2. The van der Waals surface area contributed by atoms with Crippen molar-refractivity contribution in [3.8, 4) is 0 Å². The van der Waals surface area contributed by atoms with Crippen LogP contribution < -0.4 is 5.73 Å². The summed E-state index contributed by atoms with van der Waals surface area (Å²) in [5.74, 6) is 1.75. The molecule has 2 N–H and O–H groups in total. The maximum Gasteiger partial charge on any atom is 0.236 e. The van der Waals surface area contributed by atoms with Crippen LogP contribution in [0.3, 0.4) is 0 Å². The van der Waals surface area contributed by atoms with Crippen molar-refractivity contribution in [1.29, 1.82) is 0 Å². The van der Waals surface area contributed by atoms with Crippen LogP contribution in [0.5, 0.6) is 0 Å². The summed E-state index contributed by atoms with van der Waals surface area (Å²) in [6.07, 6.45) is 7.20. The Morgan fingerprint density at radius 2 is 2.05 bits per heavy atom. The largest absolute Gasteiger partial charge is 0.339 e. The van der Waals surface area contributed by atoms with Crippen molar-refractivity contribution in [2.24, 2.45) is 17.6 Å². The summed E-state index contributed by atoms with van der Waals surface area (Å²) >= 11 is 0. The lowest BCUT2D eigenvalue weighted by Crippen LogP contribution is -2.47. The first-order chi connectivity index (χ1) is 9.69. The third kappa shape index (κ3) is 2.73. The summed E-state index contributed by atoms with van der Waals surface area (Å²) < 4.78 is 0. The highest BCUT2D eigenvalue weighted by atomic mass is 16.2. The SMILES string of the molecule is CCC1CCCCN1C(=O)CN1CC2CCC(N)C2C1. The molecule has 0 bridgehead atoms. The molecule has 4 atom stereocenters. The highest BCUT2D eigenvalue weighted by Gasteiger charge is 2.41. The molecule has 0 aromatic heterocycles. The third-order valence-electron chi connectivity index (χ3n) is 5.77. The molecule has 0 aromatic carbocycles. The zero-order chi connectivity index (χ0) is 14.1. The summed E-state index contributed by atoms with van der Waals surface area (Å²) in [7, 11) is 0. The Labute approximate surface area is 122 Å². The van der Waals surface area contributed by atoms with E-state index in [1.165, 1.54) is 32.1 Å². The maximum absolute atomic E-state index is 12.6. The van der Waals surface area contributed by atoms with Gasteiger partial charge in [-0.3, -0.25) is 9.69 Å². The molecule has 1 saturated carbocycles. The molecule has 114 valence electrons. The van der Waals surface area contributed by atoms with Crippen molar-refractivity contribution in [3.05, 3.63) is 0 Å². The van der Waals surface area contributed by atoms with E-state index in [9.17, 15) is 4.79 Å². The summed E-state index contributed by atoms with van der Waals surface area (Å²) in [6, 6.07) is 0.860. The molecule has 0 aromatic rings. The Morgan fingerprint density at radius 3 is 2.80 bits per heavy atom. The lowest BCUT2D eigenvalue weighted by molar-refractivity contribution is -0.136. The molecule has 20 heavy (non-hydrogen) atoms. The van der Waals surface area contributed by atoms with E-state index in [-0.39, 0.29) is 0 Å². The van der Waals surface area contributed by atoms with E-state index in [0.717, 1.165) is 32.0 Å². The molecule has 1 amide bonds. The number of hydrogen-bond donors (Lipinski definition) is 1. The van der Waals surface area contributed by atoms with E-state index in [1.54, 1.807) is 0 Å². The number of carbonyl (C=O) groups excluding carboxylic acids is 1. The van der Waals surface area contributed by atoms with Gasteiger partial charge in [-0.2, -0.15) is 0 Å². The molecule has 4 unspecified atom stereocenters. The second kappa shape index (κ2) is 6.02. The van der Waals surface area contributed by atoms with Gasteiger partial charge in [-0.1, -0.05) is 6.92 Å². The van der Waals surface area contributed by atoms with Gasteiger partial charge >= 0.3 is 0 Å². The molecule has 0 spiro atoms. The number of carbonyl (C=O) groups is 1. The minimum absolute atomic E-state index is 0.352. The monoisotopic (exact) mass is 279 g/mol. The van der Waals surface area contributed by atoms with Gasteiger partial charge in [0.2, 0.25) is 5.91 Å². The van der Waals surface area contributed by atoms with Gasteiger partial charge in [-0.15, -0.1) is 0 Å². The topological polar surface area (TPSA) is 49.6 Å². The van der Waals surface area contributed by atoms with E-state index >= 15 is 0 Å². The Morgan fingerprint density at radius 1 is 1.20 bits per heavy atom. The molecule has 3 fully saturated rings. The van der Waals surface area contributed by atoms with Gasteiger partial charge in [0.15, 0.2) is 0 Å². The van der Waals surface area contributed by atoms with Gasteiger partial charge in [0.25, 0.3) is 0 Å². The summed E-state index contributed by atoms with van der Waals surface area (Å²) in [5, 5.41) is 0. The van der Waals surface area contributed by atoms with Crippen LogP contribution in [-0.4, -0.2) is 54.0 Å². The second-order valence-corrected chi connectivity index (χ2v) is 7.00. The highest BCUT2D eigenvalue weighted by Crippen LogP contribution is 2.37. The number of amides is 1. The minimum atomic E-state index is 0.352. The van der Waals surface area contributed by atoms with Crippen molar-refractivity contribution >= 4 is 5.91 Å². The van der Waals surface area contributed by atoms with Crippen LogP contribution in [0.4, 0.5) is 0 Å². The van der Waals surface area contributed by atoms with E-state index in [4.69, 9.17) is 5.73 Å². The number of nitrogens with zero attached hydrogens (tertiary/aromatic N) is 2. The van der Waals surface area contributed by atoms with Crippen molar-refractivity contribution in [1.82, 2.24) is 9.80 Å².